The third kappa shape index (κ3) is 9.42. The number of fused-ring (bicyclic) bond motifs is 1. The van der Waals surface area contributed by atoms with Crippen LogP contribution in [0.4, 0.5) is 9.59 Å². The smallest absolute Gasteiger partial charge is 0.484 e. The van der Waals surface area contributed by atoms with Crippen LogP contribution in [0.25, 0.3) is 0 Å². The van der Waals surface area contributed by atoms with E-state index in [2.05, 4.69) is 29.4 Å². The molecule has 1 heterocycles. The lowest BCUT2D eigenvalue weighted by Gasteiger charge is -2.43. The molecule has 0 saturated carbocycles. The lowest BCUT2D eigenvalue weighted by Crippen LogP contribution is -2.55. The standard InChI is InChI=1S/C27H43N3O7/c1-8-10-14-30(9-2)15-13-28-21(31)17-18-11-12-20-19(16-18)22(29-24(32)37-26(3,4)5)23(35-25(33)34)27(6,7)36-20/h11-12,16,22-23H,8-10,13-15,17H2,1-7H3,(H,28,31)(H,29,32)(H,33,34)/t22-,23+/m1/s1. The van der Waals surface area contributed by atoms with E-state index >= 15 is 0 Å². The topological polar surface area (TPSA) is 126 Å². The molecular formula is C27H43N3O7. The summed E-state index contributed by atoms with van der Waals surface area (Å²) in [5, 5.41) is 15.1. The third-order valence-corrected chi connectivity index (χ3v) is 6.06. The van der Waals surface area contributed by atoms with Crippen molar-refractivity contribution in [2.24, 2.45) is 0 Å². The molecule has 0 aromatic heterocycles. The summed E-state index contributed by atoms with van der Waals surface area (Å²) in [5.74, 6) is 0.341. The number of carbonyl (C=O) groups is 3. The SMILES string of the molecule is CCCCN(CC)CCNC(=O)Cc1ccc2c(c1)[C@@H](NC(=O)OC(C)(C)C)[C@H](OC(=O)O)C(C)(C)O2. The van der Waals surface area contributed by atoms with E-state index in [1.165, 1.54) is 0 Å². The number of alkyl carbamates (subject to hydrolysis) is 1. The van der Waals surface area contributed by atoms with E-state index in [9.17, 15) is 19.5 Å². The fourth-order valence-corrected chi connectivity index (χ4v) is 4.27. The van der Waals surface area contributed by atoms with Crippen LogP contribution in [0.1, 0.15) is 78.5 Å². The summed E-state index contributed by atoms with van der Waals surface area (Å²) in [7, 11) is 0. The number of rotatable bonds is 11. The molecule has 0 saturated heterocycles. The molecule has 0 unspecified atom stereocenters. The number of nitrogens with one attached hydrogen (secondary N) is 2. The minimum absolute atomic E-state index is 0.126. The molecule has 208 valence electrons. The van der Waals surface area contributed by atoms with Crippen LogP contribution in [-0.4, -0.2) is 71.6 Å². The number of carbonyl (C=O) groups excluding carboxylic acids is 2. The molecular weight excluding hydrogens is 478 g/mol. The molecule has 1 aliphatic rings. The van der Waals surface area contributed by atoms with Crippen molar-refractivity contribution < 1.29 is 33.7 Å². The van der Waals surface area contributed by atoms with Crippen molar-refractivity contribution in [2.45, 2.75) is 91.1 Å². The van der Waals surface area contributed by atoms with Crippen LogP contribution in [-0.2, 0) is 20.7 Å². The Balaban J connectivity index is 2.21. The van der Waals surface area contributed by atoms with Gasteiger partial charge in [-0.2, -0.15) is 0 Å². The fourth-order valence-electron chi connectivity index (χ4n) is 4.27. The molecule has 10 nitrogen and oxygen atoms in total. The molecule has 3 N–H and O–H groups in total. The molecule has 0 radical (unpaired) electrons. The number of carboxylic acid groups (broad SMARTS) is 1. The first-order valence-corrected chi connectivity index (χ1v) is 13.0. The maximum atomic E-state index is 12.7. The highest BCUT2D eigenvalue weighted by molar-refractivity contribution is 5.78. The first-order valence-electron chi connectivity index (χ1n) is 13.0. The summed E-state index contributed by atoms with van der Waals surface area (Å²) < 4.78 is 16.6. The van der Waals surface area contributed by atoms with Crippen LogP contribution in [0.15, 0.2) is 18.2 Å². The van der Waals surface area contributed by atoms with Gasteiger partial charge in [0.2, 0.25) is 5.91 Å². The second-order valence-corrected chi connectivity index (χ2v) is 10.8. The lowest BCUT2D eigenvalue weighted by atomic mass is 9.85. The van der Waals surface area contributed by atoms with Gasteiger partial charge in [-0.25, -0.2) is 9.59 Å². The minimum atomic E-state index is -1.49. The van der Waals surface area contributed by atoms with Gasteiger partial charge in [-0.15, -0.1) is 0 Å². The van der Waals surface area contributed by atoms with Gasteiger partial charge in [-0.3, -0.25) is 4.79 Å². The van der Waals surface area contributed by atoms with E-state index in [0.29, 0.717) is 23.4 Å². The molecule has 0 fully saturated rings. The van der Waals surface area contributed by atoms with Crippen molar-refractivity contribution in [1.82, 2.24) is 15.5 Å². The van der Waals surface area contributed by atoms with Crippen LogP contribution in [0.2, 0.25) is 0 Å². The normalized spacial score (nSPS) is 18.4. The molecule has 0 aliphatic carbocycles. The average molecular weight is 522 g/mol. The highest BCUT2D eigenvalue weighted by Gasteiger charge is 2.48. The Morgan fingerprint density at radius 3 is 2.46 bits per heavy atom. The van der Waals surface area contributed by atoms with E-state index in [0.717, 1.165) is 32.5 Å². The fraction of sp³-hybridized carbons (Fsp3) is 0.667. The predicted molar refractivity (Wildman–Crippen MR) is 140 cm³/mol. The molecule has 2 rings (SSSR count). The molecule has 2 atom stereocenters. The Labute approximate surface area is 220 Å². The molecule has 0 spiro atoms. The van der Waals surface area contributed by atoms with Gasteiger partial charge in [0.05, 0.1) is 6.42 Å². The Morgan fingerprint density at radius 1 is 1.16 bits per heavy atom. The largest absolute Gasteiger partial charge is 0.506 e. The number of hydrogen-bond acceptors (Lipinski definition) is 7. The average Bonchev–Trinajstić information content (AvgIpc) is 2.77. The van der Waals surface area contributed by atoms with Crippen molar-refractivity contribution >= 4 is 18.2 Å². The molecule has 1 aliphatic heterocycles. The van der Waals surface area contributed by atoms with E-state index in [1.54, 1.807) is 52.8 Å². The monoisotopic (exact) mass is 521 g/mol. The number of benzene rings is 1. The van der Waals surface area contributed by atoms with Crippen molar-refractivity contribution in [3.63, 3.8) is 0 Å². The Morgan fingerprint density at radius 2 is 1.86 bits per heavy atom. The van der Waals surface area contributed by atoms with Gasteiger partial charge in [-0.1, -0.05) is 26.3 Å². The Hall–Kier alpha value is -3.01. The zero-order chi connectivity index (χ0) is 27.8. The minimum Gasteiger partial charge on any atom is -0.484 e. The third-order valence-electron chi connectivity index (χ3n) is 6.06. The number of ether oxygens (including phenoxy) is 3. The van der Waals surface area contributed by atoms with Crippen LogP contribution in [0, 0.1) is 0 Å². The summed E-state index contributed by atoms with van der Waals surface area (Å²) in [6.45, 7) is 16.1. The highest BCUT2D eigenvalue weighted by atomic mass is 16.7. The van der Waals surface area contributed by atoms with Crippen molar-refractivity contribution in [3.05, 3.63) is 29.3 Å². The Bertz CT molecular complexity index is 942. The summed E-state index contributed by atoms with van der Waals surface area (Å²) >= 11 is 0. The summed E-state index contributed by atoms with van der Waals surface area (Å²) in [5.41, 5.74) is -0.616. The van der Waals surface area contributed by atoms with Crippen LogP contribution >= 0.6 is 0 Å². The van der Waals surface area contributed by atoms with Gasteiger partial charge < -0.3 is 34.9 Å². The van der Waals surface area contributed by atoms with E-state index in [1.807, 2.05) is 0 Å². The van der Waals surface area contributed by atoms with Crippen molar-refractivity contribution in [1.29, 1.82) is 0 Å². The van der Waals surface area contributed by atoms with Gasteiger partial charge in [0.25, 0.3) is 0 Å². The molecule has 2 amide bonds. The number of hydrogen-bond donors (Lipinski definition) is 3. The number of likely N-dealkylation sites (N-methyl/N-ethyl adjacent to an activating group) is 1. The van der Waals surface area contributed by atoms with Gasteiger partial charge >= 0.3 is 12.2 Å². The first kappa shape index (κ1) is 30.2. The van der Waals surface area contributed by atoms with Gasteiger partial charge in [0.15, 0.2) is 6.10 Å². The Kier molecular flexibility index (Phi) is 10.6. The van der Waals surface area contributed by atoms with Gasteiger partial charge in [0.1, 0.15) is 23.0 Å². The number of amides is 2. The predicted octanol–water partition coefficient (Wildman–Crippen LogP) is 4.27. The highest BCUT2D eigenvalue weighted by Crippen LogP contribution is 2.42. The maximum Gasteiger partial charge on any atom is 0.506 e. The van der Waals surface area contributed by atoms with E-state index < -0.39 is 35.6 Å². The van der Waals surface area contributed by atoms with Crippen LogP contribution in [0.3, 0.4) is 0 Å². The summed E-state index contributed by atoms with van der Waals surface area (Å²) in [4.78, 5) is 39.1. The molecule has 1 aromatic rings. The quantitative estimate of drug-likeness (QED) is 0.369. The molecule has 0 bridgehead atoms. The molecule has 37 heavy (non-hydrogen) atoms. The van der Waals surface area contributed by atoms with Gasteiger partial charge in [0, 0.05) is 18.7 Å². The molecule has 10 heteroatoms. The maximum absolute atomic E-state index is 12.7. The summed E-state index contributed by atoms with van der Waals surface area (Å²) in [6.07, 6.45) is -0.882. The van der Waals surface area contributed by atoms with E-state index in [4.69, 9.17) is 14.2 Å². The van der Waals surface area contributed by atoms with Crippen LogP contribution < -0.4 is 15.4 Å². The van der Waals surface area contributed by atoms with Crippen molar-refractivity contribution in [2.75, 3.05) is 26.2 Å². The zero-order valence-electron chi connectivity index (χ0n) is 23.2. The number of unbranched alkanes of at least 4 members (excludes halogenated alkanes) is 1. The zero-order valence-corrected chi connectivity index (χ0v) is 23.2. The first-order chi connectivity index (χ1) is 17.3. The van der Waals surface area contributed by atoms with Gasteiger partial charge in [-0.05, 0) is 71.8 Å². The molecule has 1 aromatic carbocycles. The van der Waals surface area contributed by atoms with E-state index in [-0.39, 0.29) is 12.3 Å². The number of nitrogens with zero attached hydrogens (tertiary/aromatic N) is 1. The summed E-state index contributed by atoms with van der Waals surface area (Å²) in [6, 6.07) is 4.37. The lowest BCUT2D eigenvalue weighted by molar-refractivity contribution is -0.120. The van der Waals surface area contributed by atoms with Crippen molar-refractivity contribution in [3.8, 4) is 5.75 Å². The second-order valence-electron chi connectivity index (χ2n) is 10.8. The van der Waals surface area contributed by atoms with Crippen LogP contribution in [0.5, 0.6) is 5.75 Å². The second kappa shape index (κ2) is 13.0.